The first-order valence-electron chi connectivity index (χ1n) is 9.10. The van der Waals surface area contributed by atoms with E-state index in [4.69, 9.17) is 0 Å². The van der Waals surface area contributed by atoms with Gasteiger partial charge >= 0.3 is 10.2 Å². The van der Waals surface area contributed by atoms with Gasteiger partial charge in [0.1, 0.15) is 6.54 Å². The summed E-state index contributed by atoms with van der Waals surface area (Å²) in [7, 11) is 1.12. The fraction of sp³-hybridized carbons (Fsp3) is 0.350. The number of nitrogens with one attached hydrogen (secondary N) is 1. The van der Waals surface area contributed by atoms with Crippen molar-refractivity contribution in [3.8, 4) is 0 Å². The summed E-state index contributed by atoms with van der Waals surface area (Å²) in [5.74, 6) is -0.336. The molecule has 0 spiro atoms. The van der Waals surface area contributed by atoms with Gasteiger partial charge in [-0.05, 0) is 30.7 Å². The van der Waals surface area contributed by atoms with E-state index in [0.29, 0.717) is 12.2 Å². The Hall–Kier alpha value is -2.58. The fourth-order valence-electron chi connectivity index (χ4n) is 2.64. The lowest BCUT2D eigenvalue weighted by Gasteiger charge is -2.27. The summed E-state index contributed by atoms with van der Waals surface area (Å²) in [4.78, 5) is 14.5. The van der Waals surface area contributed by atoms with E-state index in [-0.39, 0.29) is 12.5 Å². The molecular weight excluding hydrogens is 376 g/mol. The molecule has 1 N–H and O–H groups in total. The number of nitrogens with zero attached hydrogens (tertiary/aromatic N) is 3. The van der Waals surface area contributed by atoms with Crippen LogP contribution in [0.25, 0.3) is 0 Å². The van der Waals surface area contributed by atoms with Crippen molar-refractivity contribution in [2.75, 3.05) is 50.0 Å². The molecule has 0 aliphatic rings. The number of rotatable bonds is 10. The van der Waals surface area contributed by atoms with Crippen molar-refractivity contribution in [1.29, 1.82) is 0 Å². The number of carbonyl (C=O) groups excluding carboxylic acids is 1. The van der Waals surface area contributed by atoms with Crippen LogP contribution in [0.15, 0.2) is 60.7 Å². The van der Waals surface area contributed by atoms with E-state index in [9.17, 15) is 13.2 Å². The van der Waals surface area contributed by atoms with Crippen molar-refractivity contribution in [2.45, 2.75) is 6.42 Å². The van der Waals surface area contributed by atoms with Gasteiger partial charge in [-0.3, -0.25) is 4.79 Å². The number of para-hydroxylation sites is 2. The molecule has 2 aromatic carbocycles. The lowest BCUT2D eigenvalue weighted by Crippen LogP contribution is -2.46. The van der Waals surface area contributed by atoms with E-state index >= 15 is 0 Å². The van der Waals surface area contributed by atoms with Gasteiger partial charge in [0.15, 0.2) is 0 Å². The van der Waals surface area contributed by atoms with Gasteiger partial charge in [-0.25, -0.2) is 4.31 Å². The molecule has 0 aromatic heterocycles. The van der Waals surface area contributed by atoms with E-state index in [1.165, 1.54) is 14.1 Å². The monoisotopic (exact) mass is 404 g/mol. The first-order chi connectivity index (χ1) is 13.3. The number of amides is 1. The molecule has 1 amide bonds. The van der Waals surface area contributed by atoms with Crippen LogP contribution in [0.5, 0.6) is 0 Å². The van der Waals surface area contributed by atoms with Crippen LogP contribution in [-0.4, -0.2) is 59.4 Å². The quantitative estimate of drug-likeness (QED) is 0.614. The van der Waals surface area contributed by atoms with Gasteiger partial charge in [-0.1, -0.05) is 36.4 Å². The van der Waals surface area contributed by atoms with E-state index in [2.05, 4.69) is 10.2 Å². The second-order valence-electron chi connectivity index (χ2n) is 6.59. The van der Waals surface area contributed by atoms with Crippen LogP contribution in [0, 0.1) is 0 Å². The smallest absolute Gasteiger partial charge is 0.304 e. The molecule has 0 heterocycles. The van der Waals surface area contributed by atoms with Crippen LogP contribution in [-0.2, 0) is 15.0 Å². The molecule has 2 aromatic rings. The third-order valence-electron chi connectivity index (χ3n) is 4.26. The molecule has 0 radical (unpaired) electrons. The third kappa shape index (κ3) is 5.97. The molecule has 2 rings (SSSR count). The summed E-state index contributed by atoms with van der Waals surface area (Å²) in [6.45, 7) is 0.988. The highest BCUT2D eigenvalue weighted by atomic mass is 32.2. The molecule has 0 saturated heterocycles. The zero-order valence-electron chi connectivity index (χ0n) is 16.6. The van der Waals surface area contributed by atoms with Crippen molar-refractivity contribution in [1.82, 2.24) is 9.62 Å². The number of hydrogen-bond acceptors (Lipinski definition) is 4. The predicted octanol–water partition coefficient (Wildman–Crippen LogP) is 1.94. The van der Waals surface area contributed by atoms with Crippen LogP contribution in [0.2, 0.25) is 0 Å². The van der Waals surface area contributed by atoms with E-state index in [0.717, 1.165) is 27.3 Å². The third-order valence-corrected chi connectivity index (χ3v) is 6.08. The maximum absolute atomic E-state index is 12.6. The van der Waals surface area contributed by atoms with Gasteiger partial charge in [0.05, 0.1) is 5.69 Å². The normalized spacial score (nSPS) is 11.3. The molecule has 0 aliphatic heterocycles. The van der Waals surface area contributed by atoms with E-state index < -0.39 is 10.2 Å². The Morgan fingerprint density at radius 3 is 1.96 bits per heavy atom. The van der Waals surface area contributed by atoms with E-state index in [1.807, 2.05) is 37.4 Å². The Morgan fingerprint density at radius 1 is 0.893 bits per heavy atom. The van der Waals surface area contributed by atoms with Crippen LogP contribution < -0.4 is 14.5 Å². The Morgan fingerprint density at radius 2 is 1.43 bits per heavy atom. The second-order valence-corrected chi connectivity index (χ2v) is 8.66. The Kier molecular flexibility index (Phi) is 7.83. The summed E-state index contributed by atoms with van der Waals surface area (Å²) < 4.78 is 27.4. The van der Waals surface area contributed by atoms with Crippen LogP contribution in [0.1, 0.15) is 6.42 Å². The van der Waals surface area contributed by atoms with Gasteiger partial charge in [0.2, 0.25) is 5.91 Å². The molecule has 0 unspecified atom stereocenters. The highest BCUT2D eigenvalue weighted by Gasteiger charge is 2.26. The number of benzene rings is 2. The number of hydrogen-bond donors (Lipinski definition) is 1. The summed E-state index contributed by atoms with van der Waals surface area (Å²) in [5, 5.41) is 2.81. The minimum absolute atomic E-state index is 0.265. The summed E-state index contributed by atoms with van der Waals surface area (Å²) in [6.07, 6.45) is 0.753. The van der Waals surface area contributed by atoms with Crippen LogP contribution >= 0.6 is 0 Å². The summed E-state index contributed by atoms with van der Waals surface area (Å²) >= 11 is 0. The van der Waals surface area contributed by atoms with Gasteiger partial charge in [0, 0.05) is 39.9 Å². The Balaban J connectivity index is 1.90. The lowest BCUT2D eigenvalue weighted by atomic mass is 10.3. The van der Waals surface area contributed by atoms with Gasteiger partial charge in [0.25, 0.3) is 0 Å². The van der Waals surface area contributed by atoms with Gasteiger partial charge in [-0.2, -0.15) is 12.7 Å². The largest absolute Gasteiger partial charge is 0.375 e. The van der Waals surface area contributed by atoms with Crippen molar-refractivity contribution < 1.29 is 13.2 Å². The molecule has 7 nitrogen and oxygen atoms in total. The number of anilines is 2. The van der Waals surface area contributed by atoms with Gasteiger partial charge < -0.3 is 10.2 Å². The van der Waals surface area contributed by atoms with Crippen molar-refractivity contribution in [2.24, 2.45) is 0 Å². The predicted molar refractivity (Wildman–Crippen MR) is 114 cm³/mol. The average Bonchev–Trinajstić information content (AvgIpc) is 2.70. The molecular formula is C20H28N4O3S. The zero-order valence-corrected chi connectivity index (χ0v) is 17.4. The minimum atomic E-state index is -3.77. The molecule has 0 atom stereocenters. The molecule has 0 aliphatic carbocycles. The van der Waals surface area contributed by atoms with Crippen molar-refractivity contribution in [3.05, 3.63) is 60.7 Å². The van der Waals surface area contributed by atoms with Crippen molar-refractivity contribution >= 4 is 27.5 Å². The Bertz CT molecular complexity index is 842. The Labute approximate surface area is 167 Å². The first kappa shape index (κ1) is 21.7. The molecule has 152 valence electrons. The second kappa shape index (κ2) is 10.1. The van der Waals surface area contributed by atoms with E-state index in [1.54, 1.807) is 30.3 Å². The molecule has 0 saturated carbocycles. The van der Waals surface area contributed by atoms with Crippen molar-refractivity contribution in [3.63, 3.8) is 0 Å². The maximum atomic E-state index is 12.6. The zero-order chi connectivity index (χ0) is 20.6. The fourth-order valence-corrected chi connectivity index (χ4v) is 3.70. The summed E-state index contributed by atoms with van der Waals surface area (Å²) in [6, 6.07) is 18.6. The topological polar surface area (TPSA) is 73.0 Å². The SMILES string of the molecule is CN(CCCNC(=O)CN(c1ccccc1)S(=O)(=O)N(C)C)c1ccccc1. The van der Waals surface area contributed by atoms with Crippen LogP contribution in [0.4, 0.5) is 11.4 Å². The molecule has 28 heavy (non-hydrogen) atoms. The minimum Gasteiger partial charge on any atom is -0.375 e. The lowest BCUT2D eigenvalue weighted by molar-refractivity contribution is -0.119. The standard InChI is InChI=1S/C20H28N4O3S/c1-22(2)28(26,27)24(19-13-8-5-9-14-19)17-20(25)21-15-10-16-23(3)18-11-6-4-7-12-18/h4-9,11-14H,10,15-17H2,1-3H3,(H,21,25). The first-order valence-corrected chi connectivity index (χ1v) is 10.5. The highest BCUT2D eigenvalue weighted by molar-refractivity contribution is 7.90. The molecule has 0 fully saturated rings. The molecule has 0 bridgehead atoms. The average molecular weight is 405 g/mol. The summed E-state index contributed by atoms with van der Waals surface area (Å²) in [5.41, 5.74) is 1.57. The maximum Gasteiger partial charge on any atom is 0.304 e. The highest BCUT2D eigenvalue weighted by Crippen LogP contribution is 2.18. The van der Waals surface area contributed by atoms with Crippen LogP contribution in [0.3, 0.4) is 0 Å². The number of carbonyl (C=O) groups is 1. The molecule has 8 heteroatoms. The van der Waals surface area contributed by atoms with Gasteiger partial charge in [-0.15, -0.1) is 0 Å².